The highest BCUT2D eigenvalue weighted by molar-refractivity contribution is 9.10. The van der Waals surface area contributed by atoms with Crippen molar-refractivity contribution in [3.05, 3.63) is 82.1 Å². The van der Waals surface area contributed by atoms with E-state index in [1.54, 1.807) is 6.21 Å². The smallest absolute Gasteiger partial charge is 0.259 e. The number of aromatic nitrogens is 1. The Hall–Kier alpha value is -2.86. The van der Waals surface area contributed by atoms with Gasteiger partial charge in [-0.05, 0) is 60.1 Å². The maximum Gasteiger partial charge on any atom is 0.259 e. The Morgan fingerprint density at radius 2 is 1.81 bits per heavy atom. The second kappa shape index (κ2) is 8.68. The molecular weight excluding hydrogens is 404 g/mol. The van der Waals surface area contributed by atoms with Crippen LogP contribution >= 0.6 is 15.9 Å². The molecule has 0 fully saturated rings. The molecule has 0 radical (unpaired) electrons. The lowest BCUT2D eigenvalue weighted by atomic mass is 10.2. The average molecular weight is 425 g/mol. The third-order valence-corrected chi connectivity index (χ3v) is 4.85. The van der Waals surface area contributed by atoms with Crippen LogP contribution in [0.4, 0.5) is 5.69 Å². The Balaban J connectivity index is 1.65. The monoisotopic (exact) mass is 424 g/mol. The number of rotatable bonds is 6. The molecule has 0 atom stereocenters. The van der Waals surface area contributed by atoms with Gasteiger partial charge in [0.1, 0.15) is 0 Å². The molecular formula is C21H21BrN4O. The molecule has 0 spiro atoms. The van der Waals surface area contributed by atoms with Gasteiger partial charge in [-0.25, -0.2) is 5.43 Å². The first-order chi connectivity index (χ1) is 13.1. The van der Waals surface area contributed by atoms with Gasteiger partial charge in [0, 0.05) is 27.1 Å². The normalized spacial score (nSPS) is 10.9. The van der Waals surface area contributed by atoms with E-state index in [4.69, 9.17) is 0 Å². The van der Waals surface area contributed by atoms with Crippen molar-refractivity contribution in [1.82, 2.24) is 9.99 Å². The fourth-order valence-electron chi connectivity index (χ4n) is 2.87. The first-order valence-corrected chi connectivity index (χ1v) is 9.40. The molecule has 0 aliphatic heterocycles. The van der Waals surface area contributed by atoms with E-state index in [9.17, 15) is 4.79 Å². The molecule has 1 amide bonds. The van der Waals surface area contributed by atoms with Crippen molar-refractivity contribution in [3.8, 4) is 5.69 Å². The van der Waals surface area contributed by atoms with Crippen molar-refractivity contribution in [2.24, 2.45) is 5.10 Å². The van der Waals surface area contributed by atoms with Crippen LogP contribution in [0, 0.1) is 13.8 Å². The van der Waals surface area contributed by atoms with E-state index < -0.39 is 0 Å². The van der Waals surface area contributed by atoms with Gasteiger partial charge in [0.25, 0.3) is 5.91 Å². The second-order valence-electron chi connectivity index (χ2n) is 6.13. The van der Waals surface area contributed by atoms with Crippen LogP contribution in [0.2, 0.25) is 0 Å². The fourth-order valence-corrected chi connectivity index (χ4v) is 3.34. The zero-order valence-corrected chi connectivity index (χ0v) is 16.8. The molecule has 0 saturated heterocycles. The average Bonchev–Trinajstić information content (AvgIpc) is 2.95. The maximum atomic E-state index is 11.9. The molecule has 1 aromatic heterocycles. The molecule has 0 aliphatic rings. The molecule has 138 valence electrons. The van der Waals surface area contributed by atoms with E-state index in [0.29, 0.717) is 0 Å². The van der Waals surface area contributed by atoms with Crippen LogP contribution in [0.5, 0.6) is 0 Å². The van der Waals surface area contributed by atoms with Gasteiger partial charge in [0.05, 0.1) is 18.4 Å². The van der Waals surface area contributed by atoms with Crippen LogP contribution in [0.1, 0.15) is 17.0 Å². The minimum atomic E-state index is -0.199. The molecule has 1 heterocycles. The second-order valence-corrected chi connectivity index (χ2v) is 6.98. The first kappa shape index (κ1) is 18.9. The highest BCUT2D eigenvalue weighted by atomic mass is 79.9. The summed E-state index contributed by atoms with van der Waals surface area (Å²) in [6.45, 7) is 4.25. The van der Waals surface area contributed by atoms with Crippen LogP contribution in [0.3, 0.4) is 0 Å². The lowest BCUT2D eigenvalue weighted by molar-refractivity contribution is -0.119. The Morgan fingerprint density at radius 3 is 2.56 bits per heavy atom. The Kier molecular flexibility index (Phi) is 6.08. The summed E-state index contributed by atoms with van der Waals surface area (Å²) in [7, 11) is 0. The summed E-state index contributed by atoms with van der Waals surface area (Å²) >= 11 is 3.60. The fraction of sp³-hybridized carbons (Fsp3) is 0.143. The summed E-state index contributed by atoms with van der Waals surface area (Å²) in [6.07, 6.45) is 1.68. The molecule has 0 bridgehead atoms. The predicted molar refractivity (Wildman–Crippen MR) is 114 cm³/mol. The topological polar surface area (TPSA) is 58.4 Å². The van der Waals surface area contributed by atoms with E-state index >= 15 is 0 Å². The number of carbonyl (C=O) groups excluding carboxylic acids is 1. The SMILES string of the molecule is Cc1cc(/C=N\NC(=O)CNc2ccccc2)c(C)n1-c1ccccc1Br. The van der Waals surface area contributed by atoms with Crippen LogP contribution in [0.25, 0.3) is 5.69 Å². The van der Waals surface area contributed by atoms with Crippen molar-refractivity contribution in [3.63, 3.8) is 0 Å². The highest BCUT2D eigenvalue weighted by Gasteiger charge is 2.11. The van der Waals surface area contributed by atoms with Crippen molar-refractivity contribution in [2.45, 2.75) is 13.8 Å². The summed E-state index contributed by atoms with van der Waals surface area (Å²) < 4.78 is 3.18. The van der Waals surface area contributed by atoms with Crippen molar-refractivity contribution >= 4 is 33.7 Å². The minimum absolute atomic E-state index is 0.164. The summed E-state index contributed by atoms with van der Waals surface area (Å²) in [5.74, 6) is -0.199. The van der Waals surface area contributed by atoms with Crippen LogP contribution in [0.15, 0.2) is 70.2 Å². The lowest BCUT2D eigenvalue weighted by Crippen LogP contribution is -2.25. The zero-order valence-electron chi connectivity index (χ0n) is 15.2. The molecule has 0 saturated carbocycles. The zero-order chi connectivity index (χ0) is 19.2. The number of nitrogens with one attached hydrogen (secondary N) is 2. The largest absolute Gasteiger partial charge is 0.376 e. The van der Waals surface area contributed by atoms with Gasteiger partial charge in [-0.15, -0.1) is 0 Å². The molecule has 2 aromatic carbocycles. The van der Waals surface area contributed by atoms with Crippen LogP contribution < -0.4 is 10.7 Å². The number of carbonyl (C=O) groups is 1. The Labute approximate surface area is 167 Å². The van der Waals surface area contributed by atoms with Crippen LogP contribution in [-0.4, -0.2) is 23.2 Å². The number of amides is 1. The number of anilines is 1. The van der Waals surface area contributed by atoms with E-state index in [0.717, 1.165) is 32.8 Å². The van der Waals surface area contributed by atoms with E-state index in [1.807, 2.05) is 68.4 Å². The summed E-state index contributed by atoms with van der Waals surface area (Å²) in [5.41, 5.74) is 7.64. The molecule has 0 aliphatic carbocycles. The number of para-hydroxylation sites is 2. The van der Waals surface area contributed by atoms with E-state index in [2.05, 4.69) is 42.4 Å². The molecule has 0 unspecified atom stereocenters. The number of hydrogen-bond donors (Lipinski definition) is 2. The molecule has 6 heteroatoms. The maximum absolute atomic E-state index is 11.9. The van der Waals surface area contributed by atoms with E-state index in [1.165, 1.54) is 0 Å². The number of benzene rings is 2. The van der Waals surface area contributed by atoms with Crippen molar-refractivity contribution in [2.75, 3.05) is 11.9 Å². The molecule has 5 nitrogen and oxygen atoms in total. The standard InChI is InChI=1S/C21H21BrN4O/c1-15-12-17(16(2)26(15)20-11-7-6-10-19(20)22)13-24-25-21(27)14-23-18-8-4-3-5-9-18/h3-13,23H,14H2,1-2H3,(H,25,27)/b24-13-. The van der Waals surface area contributed by atoms with Gasteiger partial charge < -0.3 is 9.88 Å². The molecule has 3 aromatic rings. The lowest BCUT2D eigenvalue weighted by Gasteiger charge is -2.11. The quantitative estimate of drug-likeness (QED) is 0.454. The third-order valence-electron chi connectivity index (χ3n) is 4.18. The molecule has 27 heavy (non-hydrogen) atoms. The number of halogens is 1. The van der Waals surface area contributed by atoms with Crippen molar-refractivity contribution in [1.29, 1.82) is 0 Å². The van der Waals surface area contributed by atoms with Crippen LogP contribution in [-0.2, 0) is 4.79 Å². The van der Waals surface area contributed by atoms with Gasteiger partial charge in [-0.1, -0.05) is 30.3 Å². The number of aryl methyl sites for hydroxylation is 1. The number of nitrogens with zero attached hydrogens (tertiary/aromatic N) is 2. The summed E-state index contributed by atoms with van der Waals surface area (Å²) in [6, 6.07) is 19.7. The van der Waals surface area contributed by atoms with Gasteiger partial charge in [-0.3, -0.25) is 4.79 Å². The van der Waals surface area contributed by atoms with Gasteiger partial charge in [0.2, 0.25) is 0 Å². The number of hydrogen-bond acceptors (Lipinski definition) is 3. The van der Waals surface area contributed by atoms with Gasteiger partial charge >= 0.3 is 0 Å². The first-order valence-electron chi connectivity index (χ1n) is 8.61. The van der Waals surface area contributed by atoms with Gasteiger partial charge in [-0.2, -0.15) is 5.10 Å². The van der Waals surface area contributed by atoms with Gasteiger partial charge in [0.15, 0.2) is 0 Å². The van der Waals surface area contributed by atoms with E-state index in [-0.39, 0.29) is 12.5 Å². The van der Waals surface area contributed by atoms with Crippen molar-refractivity contribution < 1.29 is 4.79 Å². The predicted octanol–water partition coefficient (Wildman–Crippen LogP) is 4.42. The Bertz CT molecular complexity index is 964. The third kappa shape index (κ3) is 4.65. The molecule has 3 rings (SSSR count). The number of hydrazone groups is 1. The Morgan fingerprint density at radius 1 is 1.11 bits per heavy atom. The molecule has 2 N–H and O–H groups in total. The minimum Gasteiger partial charge on any atom is -0.376 e. The summed E-state index contributed by atoms with van der Waals surface area (Å²) in [5, 5.41) is 7.15. The summed E-state index contributed by atoms with van der Waals surface area (Å²) in [4.78, 5) is 11.9. The highest BCUT2D eigenvalue weighted by Crippen LogP contribution is 2.25.